The Hall–Kier alpha value is 0.720. The van der Waals surface area contributed by atoms with Crippen molar-refractivity contribution in [2.24, 2.45) is 0 Å². The van der Waals surface area contributed by atoms with Gasteiger partial charge in [0.05, 0.1) is 0 Å². The van der Waals surface area contributed by atoms with E-state index >= 15 is 0 Å². The minimum atomic E-state index is 0.324. The van der Waals surface area contributed by atoms with Crippen LogP contribution in [-0.4, -0.2) is 0 Å². The molecule has 0 saturated heterocycles. The summed E-state index contributed by atoms with van der Waals surface area (Å²) in [6, 6.07) is 6.01. The Labute approximate surface area is 93.6 Å². The second-order valence-electron chi connectivity index (χ2n) is 2.28. The normalized spacial score (nSPS) is 13.1. The molecule has 0 spiro atoms. The average Bonchev–Trinajstić information content (AvgIpc) is 1.94. The van der Waals surface area contributed by atoms with Gasteiger partial charge in [-0.3, -0.25) is 0 Å². The van der Waals surface area contributed by atoms with Gasteiger partial charge in [0.1, 0.15) is 0 Å². The zero-order valence-electron chi connectivity index (χ0n) is 5.94. The summed E-state index contributed by atoms with van der Waals surface area (Å²) in [5.74, 6) is 0. The van der Waals surface area contributed by atoms with Crippen LogP contribution < -0.4 is 0 Å². The zero-order chi connectivity index (χ0) is 8.43. The van der Waals surface area contributed by atoms with Crippen molar-refractivity contribution in [3.63, 3.8) is 0 Å². The molecular weight excluding hydrogens is 338 g/mol. The van der Waals surface area contributed by atoms with Gasteiger partial charge in [-0.15, -0.1) is 0 Å². The van der Waals surface area contributed by atoms with Gasteiger partial charge in [0.15, 0.2) is 0 Å². The molecule has 0 N–H and O–H groups in total. The van der Waals surface area contributed by atoms with E-state index in [1.54, 1.807) is 0 Å². The SMILES string of the molecule is CC(Br)c1cc(I)ccc1Cl. The van der Waals surface area contributed by atoms with E-state index in [9.17, 15) is 0 Å². The topological polar surface area (TPSA) is 0 Å². The van der Waals surface area contributed by atoms with Gasteiger partial charge in [-0.2, -0.15) is 0 Å². The fraction of sp³-hybridized carbons (Fsp3) is 0.250. The summed E-state index contributed by atoms with van der Waals surface area (Å²) in [6.07, 6.45) is 0. The van der Waals surface area contributed by atoms with E-state index < -0.39 is 0 Å². The third-order valence-corrected chi connectivity index (χ3v) is 2.90. The van der Waals surface area contributed by atoms with E-state index in [-0.39, 0.29) is 0 Å². The van der Waals surface area contributed by atoms with E-state index in [0.29, 0.717) is 4.83 Å². The summed E-state index contributed by atoms with van der Waals surface area (Å²) in [5, 5.41) is 0.829. The highest BCUT2D eigenvalue weighted by atomic mass is 127. The number of hydrogen-bond acceptors (Lipinski definition) is 0. The highest BCUT2D eigenvalue weighted by Crippen LogP contribution is 2.29. The summed E-state index contributed by atoms with van der Waals surface area (Å²) in [6.45, 7) is 2.07. The zero-order valence-corrected chi connectivity index (χ0v) is 10.4. The van der Waals surface area contributed by atoms with Crippen molar-refractivity contribution in [3.8, 4) is 0 Å². The molecule has 0 aliphatic rings. The first-order valence-electron chi connectivity index (χ1n) is 3.20. The fourth-order valence-corrected chi connectivity index (χ4v) is 2.13. The molecule has 0 bridgehead atoms. The van der Waals surface area contributed by atoms with Crippen LogP contribution in [0.3, 0.4) is 0 Å². The third-order valence-electron chi connectivity index (χ3n) is 1.39. The molecule has 3 heteroatoms. The molecule has 1 aromatic carbocycles. The quantitative estimate of drug-likeness (QED) is 0.523. The smallest absolute Gasteiger partial charge is 0.0449 e. The Morgan fingerprint density at radius 3 is 2.64 bits per heavy atom. The first-order valence-corrected chi connectivity index (χ1v) is 5.57. The van der Waals surface area contributed by atoms with Crippen LogP contribution in [0.2, 0.25) is 5.02 Å². The molecule has 0 nitrogen and oxygen atoms in total. The van der Waals surface area contributed by atoms with Crippen LogP contribution in [0.4, 0.5) is 0 Å². The highest BCUT2D eigenvalue weighted by molar-refractivity contribution is 14.1. The van der Waals surface area contributed by atoms with Crippen molar-refractivity contribution in [1.29, 1.82) is 0 Å². The molecule has 0 heterocycles. The Morgan fingerprint density at radius 1 is 1.55 bits per heavy atom. The van der Waals surface area contributed by atoms with Crippen molar-refractivity contribution in [3.05, 3.63) is 32.4 Å². The number of rotatable bonds is 1. The molecule has 0 amide bonds. The predicted octanol–water partition coefficient (Wildman–Crippen LogP) is 4.40. The molecular formula is C8H7BrClI. The highest BCUT2D eigenvalue weighted by Gasteiger charge is 2.05. The molecule has 0 aliphatic carbocycles. The van der Waals surface area contributed by atoms with E-state index in [0.717, 1.165) is 10.6 Å². The maximum Gasteiger partial charge on any atom is 0.0449 e. The maximum atomic E-state index is 5.96. The molecule has 1 aromatic rings. The van der Waals surface area contributed by atoms with Crippen LogP contribution in [0.15, 0.2) is 18.2 Å². The lowest BCUT2D eigenvalue weighted by molar-refractivity contribution is 1.12. The lowest BCUT2D eigenvalue weighted by Crippen LogP contribution is -1.86. The summed E-state index contributed by atoms with van der Waals surface area (Å²) >= 11 is 11.7. The number of benzene rings is 1. The van der Waals surface area contributed by atoms with Gasteiger partial charge in [0.25, 0.3) is 0 Å². The van der Waals surface area contributed by atoms with Crippen LogP contribution >= 0.6 is 50.1 Å². The van der Waals surface area contributed by atoms with Crippen molar-refractivity contribution >= 4 is 50.1 Å². The van der Waals surface area contributed by atoms with Crippen molar-refractivity contribution < 1.29 is 0 Å². The molecule has 1 unspecified atom stereocenters. The molecule has 0 aromatic heterocycles. The first-order chi connectivity index (χ1) is 5.11. The fourth-order valence-electron chi connectivity index (χ4n) is 0.819. The molecule has 0 aliphatic heterocycles. The standard InChI is InChI=1S/C8H7BrClI/c1-5(9)7-4-6(11)2-3-8(7)10/h2-5H,1H3. The second-order valence-corrected chi connectivity index (χ2v) is 5.31. The van der Waals surface area contributed by atoms with Gasteiger partial charge in [0.2, 0.25) is 0 Å². The molecule has 60 valence electrons. The van der Waals surface area contributed by atoms with Gasteiger partial charge in [-0.25, -0.2) is 0 Å². The number of alkyl halides is 1. The maximum absolute atomic E-state index is 5.96. The van der Waals surface area contributed by atoms with Crippen LogP contribution in [0.5, 0.6) is 0 Å². The predicted molar refractivity (Wildman–Crippen MR) is 61.5 cm³/mol. The Balaban J connectivity index is 3.13. The van der Waals surface area contributed by atoms with E-state index in [1.165, 1.54) is 3.57 Å². The number of hydrogen-bond donors (Lipinski definition) is 0. The summed E-state index contributed by atoms with van der Waals surface area (Å²) in [5.41, 5.74) is 1.15. The largest absolute Gasteiger partial charge is 0.0841 e. The van der Waals surface area contributed by atoms with Gasteiger partial charge in [0, 0.05) is 13.4 Å². The molecule has 1 rings (SSSR count). The lowest BCUT2D eigenvalue weighted by atomic mass is 10.2. The third kappa shape index (κ3) is 2.60. The van der Waals surface area contributed by atoms with Gasteiger partial charge in [-0.1, -0.05) is 27.5 Å². The summed E-state index contributed by atoms with van der Waals surface area (Å²) in [4.78, 5) is 0.324. The Bertz CT molecular complexity index is 260. The lowest BCUT2D eigenvalue weighted by Gasteiger charge is -2.06. The monoisotopic (exact) mass is 344 g/mol. The van der Waals surface area contributed by atoms with Crippen molar-refractivity contribution in [1.82, 2.24) is 0 Å². The molecule has 0 fully saturated rings. The number of halogens is 3. The van der Waals surface area contributed by atoms with E-state index in [1.807, 2.05) is 12.1 Å². The van der Waals surface area contributed by atoms with Crippen LogP contribution in [0, 0.1) is 3.57 Å². The van der Waals surface area contributed by atoms with Crippen molar-refractivity contribution in [2.75, 3.05) is 0 Å². The van der Waals surface area contributed by atoms with Crippen molar-refractivity contribution in [2.45, 2.75) is 11.8 Å². The molecule has 11 heavy (non-hydrogen) atoms. The molecule has 0 radical (unpaired) electrons. The van der Waals surface area contributed by atoms with Crippen LogP contribution in [0.1, 0.15) is 17.3 Å². The van der Waals surface area contributed by atoms with Gasteiger partial charge < -0.3 is 0 Å². The Kier molecular flexibility index (Phi) is 3.65. The molecule has 1 atom stereocenters. The Morgan fingerprint density at radius 2 is 2.18 bits per heavy atom. The second kappa shape index (κ2) is 4.10. The average molecular weight is 345 g/mol. The minimum Gasteiger partial charge on any atom is -0.0841 e. The van der Waals surface area contributed by atoms with Crippen LogP contribution in [-0.2, 0) is 0 Å². The summed E-state index contributed by atoms with van der Waals surface area (Å²) in [7, 11) is 0. The van der Waals surface area contributed by atoms with E-state index in [2.05, 4.69) is 51.5 Å². The summed E-state index contributed by atoms with van der Waals surface area (Å²) < 4.78 is 1.22. The first kappa shape index (κ1) is 9.81. The minimum absolute atomic E-state index is 0.324. The van der Waals surface area contributed by atoms with Gasteiger partial charge in [-0.05, 0) is 53.3 Å². The van der Waals surface area contributed by atoms with Gasteiger partial charge >= 0.3 is 0 Å². The van der Waals surface area contributed by atoms with Crippen LogP contribution in [0.25, 0.3) is 0 Å². The molecule has 0 saturated carbocycles. The van der Waals surface area contributed by atoms with E-state index in [4.69, 9.17) is 11.6 Å².